The molecular formula is C14H20FNO2. The quantitative estimate of drug-likeness (QED) is 0.876. The van der Waals surface area contributed by atoms with Gasteiger partial charge in [0.15, 0.2) is 11.6 Å². The maximum Gasteiger partial charge on any atom is 0.165 e. The molecule has 0 heterocycles. The van der Waals surface area contributed by atoms with Crippen LogP contribution in [0, 0.1) is 5.82 Å². The predicted molar refractivity (Wildman–Crippen MR) is 68.2 cm³/mol. The van der Waals surface area contributed by atoms with Crippen molar-refractivity contribution in [1.29, 1.82) is 0 Å². The standard InChI is InChI=1S/C14H20FNO2/c1-9(16)14(4-5-14)11-7-12(15)13(18-3)6-10(11)8-17-2/h6-7,9H,4-5,8,16H2,1-3H3. The molecule has 0 amide bonds. The molecule has 2 N–H and O–H groups in total. The molecule has 18 heavy (non-hydrogen) atoms. The van der Waals surface area contributed by atoms with Crippen LogP contribution in [0.2, 0.25) is 0 Å². The average molecular weight is 253 g/mol. The smallest absolute Gasteiger partial charge is 0.165 e. The third-order valence-corrected chi connectivity index (χ3v) is 3.87. The summed E-state index contributed by atoms with van der Waals surface area (Å²) in [7, 11) is 3.10. The molecule has 100 valence electrons. The first kappa shape index (κ1) is 13.3. The van der Waals surface area contributed by atoms with E-state index < -0.39 is 0 Å². The Bertz CT molecular complexity index is 442. The van der Waals surface area contributed by atoms with E-state index in [4.69, 9.17) is 15.2 Å². The van der Waals surface area contributed by atoms with Crippen LogP contribution in [0.1, 0.15) is 30.9 Å². The van der Waals surface area contributed by atoms with E-state index >= 15 is 0 Å². The number of rotatable bonds is 5. The van der Waals surface area contributed by atoms with E-state index in [-0.39, 0.29) is 23.0 Å². The fraction of sp³-hybridized carbons (Fsp3) is 0.571. The van der Waals surface area contributed by atoms with Gasteiger partial charge in [-0.2, -0.15) is 0 Å². The highest BCUT2D eigenvalue weighted by molar-refractivity contribution is 5.45. The first-order chi connectivity index (χ1) is 8.55. The van der Waals surface area contributed by atoms with Crippen LogP contribution in [0.4, 0.5) is 4.39 Å². The molecule has 0 bridgehead atoms. The summed E-state index contributed by atoms with van der Waals surface area (Å²) in [5.74, 6) is -0.0782. The van der Waals surface area contributed by atoms with Gasteiger partial charge in [-0.1, -0.05) is 0 Å². The minimum absolute atomic E-state index is 0.0147. The van der Waals surface area contributed by atoms with Gasteiger partial charge in [0.25, 0.3) is 0 Å². The van der Waals surface area contributed by atoms with Crippen LogP contribution in [0.25, 0.3) is 0 Å². The van der Waals surface area contributed by atoms with E-state index in [0.717, 1.165) is 24.0 Å². The highest BCUT2D eigenvalue weighted by Gasteiger charge is 2.48. The maximum absolute atomic E-state index is 13.9. The van der Waals surface area contributed by atoms with Crippen LogP contribution in [-0.4, -0.2) is 20.3 Å². The second kappa shape index (κ2) is 4.86. The Morgan fingerprint density at radius 3 is 2.50 bits per heavy atom. The van der Waals surface area contributed by atoms with Crippen LogP contribution in [0.15, 0.2) is 12.1 Å². The molecule has 2 rings (SSSR count). The van der Waals surface area contributed by atoms with Crippen LogP contribution >= 0.6 is 0 Å². The molecule has 0 radical (unpaired) electrons. The largest absolute Gasteiger partial charge is 0.494 e. The predicted octanol–water partition coefficient (Wildman–Crippen LogP) is 2.36. The zero-order chi connectivity index (χ0) is 13.3. The summed E-state index contributed by atoms with van der Waals surface area (Å²) < 4.78 is 24.1. The SMILES string of the molecule is COCc1cc(OC)c(F)cc1C1(C(C)N)CC1. The first-order valence-corrected chi connectivity index (χ1v) is 6.16. The van der Waals surface area contributed by atoms with Crippen LogP contribution in [-0.2, 0) is 16.8 Å². The number of nitrogens with two attached hydrogens (primary N) is 1. The van der Waals surface area contributed by atoms with Crippen molar-refractivity contribution in [3.63, 3.8) is 0 Å². The number of halogens is 1. The molecule has 1 unspecified atom stereocenters. The molecule has 1 saturated carbocycles. The fourth-order valence-corrected chi connectivity index (χ4v) is 2.59. The molecule has 0 aromatic heterocycles. The average Bonchev–Trinajstić information content (AvgIpc) is 3.12. The van der Waals surface area contributed by atoms with E-state index in [1.165, 1.54) is 7.11 Å². The summed E-state index contributed by atoms with van der Waals surface area (Å²) >= 11 is 0. The summed E-state index contributed by atoms with van der Waals surface area (Å²) in [4.78, 5) is 0. The minimum Gasteiger partial charge on any atom is -0.494 e. The fourth-order valence-electron chi connectivity index (χ4n) is 2.59. The lowest BCUT2D eigenvalue weighted by atomic mass is 9.86. The third-order valence-electron chi connectivity index (χ3n) is 3.87. The van der Waals surface area contributed by atoms with Gasteiger partial charge < -0.3 is 15.2 Å². The van der Waals surface area contributed by atoms with Crippen LogP contribution in [0.5, 0.6) is 5.75 Å². The molecule has 3 nitrogen and oxygen atoms in total. The van der Waals surface area contributed by atoms with Gasteiger partial charge in [0.05, 0.1) is 13.7 Å². The molecule has 0 spiro atoms. The van der Waals surface area contributed by atoms with Crippen molar-refractivity contribution < 1.29 is 13.9 Å². The Morgan fingerprint density at radius 1 is 1.39 bits per heavy atom. The van der Waals surface area contributed by atoms with Gasteiger partial charge in [-0.25, -0.2) is 4.39 Å². The van der Waals surface area contributed by atoms with Gasteiger partial charge in [-0.15, -0.1) is 0 Å². The number of ether oxygens (including phenoxy) is 2. The lowest BCUT2D eigenvalue weighted by molar-refractivity contribution is 0.183. The highest BCUT2D eigenvalue weighted by Crippen LogP contribution is 2.52. The van der Waals surface area contributed by atoms with Crippen molar-refractivity contribution >= 4 is 0 Å². The molecule has 1 aromatic rings. The lowest BCUT2D eigenvalue weighted by Crippen LogP contribution is -2.32. The zero-order valence-corrected chi connectivity index (χ0v) is 11.1. The van der Waals surface area contributed by atoms with Gasteiger partial charge in [0, 0.05) is 18.6 Å². The zero-order valence-electron chi connectivity index (χ0n) is 11.1. The first-order valence-electron chi connectivity index (χ1n) is 6.16. The molecule has 1 aliphatic carbocycles. The van der Waals surface area contributed by atoms with E-state index in [2.05, 4.69) is 0 Å². The van der Waals surface area contributed by atoms with Crippen molar-refractivity contribution in [2.45, 2.75) is 37.8 Å². The number of methoxy groups -OCH3 is 2. The summed E-state index contributed by atoms with van der Waals surface area (Å²) in [6.07, 6.45) is 2.01. The molecule has 1 aromatic carbocycles. The summed E-state index contributed by atoms with van der Waals surface area (Å²) in [6, 6.07) is 3.29. The van der Waals surface area contributed by atoms with E-state index in [1.807, 2.05) is 6.92 Å². The number of benzene rings is 1. The molecule has 1 aliphatic rings. The minimum atomic E-state index is -0.334. The van der Waals surface area contributed by atoms with Crippen molar-refractivity contribution in [3.05, 3.63) is 29.1 Å². The Balaban J connectivity index is 2.48. The van der Waals surface area contributed by atoms with Crippen molar-refractivity contribution in [1.82, 2.24) is 0 Å². The topological polar surface area (TPSA) is 44.5 Å². The van der Waals surface area contributed by atoms with Crippen LogP contribution < -0.4 is 10.5 Å². The summed E-state index contributed by atoms with van der Waals surface area (Å²) in [5.41, 5.74) is 7.91. The Morgan fingerprint density at radius 2 is 2.06 bits per heavy atom. The van der Waals surface area contributed by atoms with Gasteiger partial charge in [0.1, 0.15) is 0 Å². The number of hydrogen-bond donors (Lipinski definition) is 1. The highest BCUT2D eigenvalue weighted by atomic mass is 19.1. The van der Waals surface area contributed by atoms with Gasteiger partial charge in [0.2, 0.25) is 0 Å². The van der Waals surface area contributed by atoms with Gasteiger partial charge >= 0.3 is 0 Å². The van der Waals surface area contributed by atoms with Gasteiger partial charge in [-0.3, -0.25) is 0 Å². The Hall–Kier alpha value is -1.13. The monoisotopic (exact) mass is 253 g/mol. The Kier molecular flexibility index (Phi) is 3.59. The summed E-state index contributed by atoms with van der Waals surface area (Å²) in [5, 5.41) is 0. The van der Waals surface area contributed by atoms with E-state index in [9.17, 15) is 4.39 Å². The molecular weight excluding hydrogens is 233 g/mol. The third kappa shape index (κ3) is 2.10. The Labute approximate surface area is 107 Å². The van der Waals surface area contributed by atoms with E-state index in [1.54, 1.807) is 19.2 Å². The number of hydrogen-bond acceptors (Lipinski definition) is 3. The summed E-state index contributed by atoms with van der Waals surface area (Å²) in [6.45, 7) is 2.42. The molecule has 1 atom stereocenters. The molecule has 1 fully saturated rings. The van der Waals surface area contributed by atoms with Crippen molar-refractivity contribution in [2.75, 3.05) is 14.2 Å². The van der Waals surface area contributed by atoms with Gasteiger partial charge in [-0.05, 0) is 43.0 Å². The van der Waals surface area contributed by atoms with E-state index in [0.29, 0.717) is 6.61 Å². The second-order valence-corrected chi connectivity index (χ2v) is 5.02. The lowest BCUT2D eigenvalue weighted by Gasteiger charge is -2.24. The maximum atomic E-state index is 13.9. The molecule has 4 heteroatoms. The molecule has 0 saturated heterocycles. The second-order valence-electron chi connectivity index (χ2n) is 5.02. The van der Waals surface area contributed by atoms with Crippen LogP contribution in [0.3, 0.4) is 0 Å². The van der Waals surface area contributed by atoms with Crippen molar-refractivity contribution in [3.8, 4) is 5.75 Å². The van der Waals surface area contributed by atoms with Crippen molar-refractivity contribution in [2.24, 2.45) is 5.73 Å². The normalized spacial score (nSPS) is 18.5. The molecule has 0 aliphatic heterocycles.